The van der Waals surface area contributed by atoms with Crippen LogP contribution in [-0.2, 0) is 14.8 Å². The molecule has 8 heteroatoms. The lowest BCUT2D eigenvalue weighted by atomic mass is 10.0. The molecule has 0 saturated carbocycles. The van der Waals surface area contributed by atoms with Gasteiger partial charge in [-0.1, -0.05) is 36.2 Å². The number of amides is 1. The summed E-state index contributed by atoms with van der Waals surface area (Å²) in [6.45, 7) is 7.11. The lowest BCUT2D eigenvalue weighted by molar-refractivity contribution is -0.118. The van der Waals surface area contributed by atoms with Gasteiger partial charge in [-0.15, -0.1) is 0 Å². The van der Waals surface area contributed by atoms with Gasteiger partial charge in [-0.2, -0.15) is 4.31 Å². The number of nitrogens with zero attached hydrogens (tertiary/aromatic N) is 1. The number of piperidine rings is 1. The first-order valence-corrected chi connectivity index (χ1v) is 12.7. The molecular formula is C23H29BrN2O4S. The number of benzene rings is 2. The van der Waals surface area contributed by atoms with Crippen molar-refractivity contribution >= 4 is 37.5 Å². The van der Waals surface area contributed by atoms with E-state index in [1.54, 1.807) is 12.1 Å². The highest BCUT2D eigenvalue weighted by atomic mass is 79.9. The van der Waals surface area contributed by atoms with E-state index in [-0.39, 0.29) is 23.3 Å². The van der Waals surface area contributed by atoms with Gasteiger partial charge in [0.15, 0.2) is 6.61 Å². The summed E-state index contributed by atoms with van der Waals surface area (Å²) < 4.78 is 33.8. The molecule has 0 bridgehead atoms. The molecule has 1 amide bonds. The molecule has 31 heavy (non-hydrogen) atoms. The van der Waals surface area contributed by atoms with Crippen LogP contribution in [0.2, 0.25) is 0 Å². The summed E-state index contributed by atoms with van der Waals surface area (Å²) in [5.41, 5.74) is 2.59. The van der Waals surface area contributed by atoms with Crippen LogP contribution in [0.4, 0.5) is 5.69 Å². The van der Waals surface area contributed by atoms with Gasteiger partial charge in [0.1, 0.15) is 5.75 Å². The zero-order valence-electron chi connectivity index (χ0n) is 18.2. The van der Waals surface area contributed by atoms with Crippen molar-refractivity contribution in [3.63, 3.8) is 0 Å². The molecule has 2 aromatic carbocycles. The largest absolute Gasteiger partial charge is 0.483 e. The molecule has 0 radical (unpaired) electrons. The molecule has 0 atom stereocenters. The number of rotatable bonds is 7. The maximum Gasteiger partial charge on any atom is 0.262 e. The molecule has 1 N–H and O–H groups in total. The van der Waals surface area contributed by atoms with E-state index in [9.17, 15) is 13.2 Å². The van der Waals surface area contributed by atoms with Crippen LogP contribution in [0, 0.1) is 6.92 Å². The van der Waals surface area contributed by atoms with Gasteiger partial charge >= 0.3 is 0 Å². The number of carbonyl (C=O) groups excluding carboxylic acids is 1. The summed E-state index contributed by atoms with van der Waals surface area (Å²) in [5, 5.41) is 2.76. The normalized spacial score (nSPS) is 15.1. The minimum Gasteiger partial charge on any atom is -0.483 e. The Morgan fingerprint density at radius 2 is 1.77 bits per heavy atom. The van der Waals surface area contributed by atoms with Gasteiger partial charge in [0.2, 0.25) is 10.0 Å². The third kappa shape index (κ3) is 5.87. The third-order valence-electron chi connectivity index (χ3n) is 5.36. The monoisotopic (exact) mass is 508 g/mol. The maximum atomic E-state index is 12.7. The zero-order valence-corrected chi connectivity index (χ0v) is 20.6. The number of nitrogens with one attached hydrogen (secondary N) is 1. The molecule has 1 aliphatic rings. The fourth-order valence-corrected chi connectivity index (χ4v) is 5.43. The number of carbonyl (C=O) groups is 1. The van der Waals surface area contributed by atoms with Crippen molar-refractivity contribution < 1.29 is 17.9 Å². The van der Waals surface area contributed by atoms with Gasteiger partial charge in [-0.3, -0.25) is 4.79 Å². The van der Waals surface area contributed by atoms with E-state index in [4.69, 9.17) is 4.74 Å². The SMILES string of the molecule is Cc1cc(OCC(=O)Nc2ccc(S(=O)(=O)N3CCCCC3)cc2)c(C(C)C)cc1Br. The quantitative estimate of drug-likeness (QED) is 0.566. The van der Waals surface area contributed by atoms with Gasteiger partial charge in [-0.25, -0.2) is 8.42 Å². The van der Waals surface area contributed by atoms with Crippen LogP contribution in [0.25, 0.3) is 0 Å². The van der Waals surface area contributed by atoms with Gasteiger partial charge < -0.3 is 10.1 Å². The Labute approximate surface area is 193 Å². The molecule has 2 aromatic rings. The molecular weight excluding hydrogens is 480 g/mol. The Kier molecular flexibility index (Phi) is 7.78. The van der Waals surface area contributed by atoms with Crippen LogP contribution < -0.4 is 10.1 Å². The molecule has 0 aliphatic carbocycles. The average Bonchev–Trinajstić information content (AvgIpc) is 2.75. The Bertz CT molecular complexity index is 1030. The van der Waals surface area contributed by atoms with Gasteiger partial charge in [0.25, 0.3) is 5.91 Å². The molecule has 1 fully saturated rings. The van der Waals surface area contributed by atoms with E-state index < -0.39 is 10.0 Å². The molecule has 0 spiro atoms. The smallest absolute Gasteiger partial charge is 0.262 e. The van der Waals surface area contributed by atoms with Crippen molar-refractivity contribution in [1.29, 1.82) is 0 Å². The van der Waals surface area contributed by atoms with Crippen LogP contribution in [0.5, 0.6) is 5.75 Å². The van der Waals surface area contributed by atoms with Crippen LogP contribution in [0.15, 0.2) is 45.8 Å². The second kappa shape index (κ2) is 10.1. The number of anilines is 1. The Balaban J connectivity index is 1.62. The molecule has 0 aromatic heterocycles. The molecule has 3 rings (SSSR count). The van der Waals surface area contributed by atoms with Crippen molar-refractivity contribution in [1.82, 2.24) is 4.31 Å². The molecule has 1 aliphatic heterocycles. The van der Waals surface area contributed by atoms with E-state index >= 15 is 0 Å². The van der Waals surface area contributed by atoms with Gasteiger partial charge in [0, 0.05) is 23.2 Å². The van der Waals surface area contributed by atoms with E-state index in [2.05, 4.69) is 35.1 Å². The summed E-state index contributed by atoms with van der Waals surface area (Å²) in [6, 6.07) is 10.2. The van der Waals surface area contributed by atoms with Gasteiger partial charge in [0.05, 0.1) is 4.90 Å². The Morgan fingerprint density at radius 3 is 2.39 bits per heavy atom. The van der Waals surface area contributed by atoms with Crippen LogP contribution in [0.1, 0.15) is 50.2 Å². The summed E-state index contributed by atoms with van der Waals surface area (Å²) in [7, 11) is -3.48. The summed E-state index contributed by atoms with van der Waals surface area (Å²) in [5.74, 6) is 0.639. The highest BCUT2D eigenvalue weighted by Crippen LogP contribution is 2.32. The topological polar surface area (TPSA) is 75.7 Å². The van der Waals surface area contributed by atoms with E-state index in [1.165, 1.54) is 16.4 Å². The number of hydrogen-bond acceptors (Lipinski definition) is 4. The fourth-order valence-electron chi connectivity index (χ4n) is 3.55. The van der Waals surface area contributed by atoms with E-state index in [1.807, 2.05) is 19.1 Å². The molecule has 0 unspecified atom stereocenters. The highest BCUT2D eigenvalue weighted by molar-refractivity contribution is 9.10. The lowest BCUT2D eigenvalue weighted by Gasteiger charge is -2.25. The Hall–Kier alpha value is -1.90. The first kappa shape index (κ1) is 23.8. The average molecular weight is 509 g/mol. The van der Waals surface area contributed by atoms with Crippen molar-refractivity contribution in [2.75, 3.05) is 25.0 Å². The van der Waals surface area contributed by atoms with Crippen LogP contribution in [-0.4, -0.2) is 38.3 Å². The van der Waals surface area contributed by atoms with E-state index in [0.29, 0.717) is 24.5 Å². The first-order chi connectivity index (χ1) is 14.7. The summed E-state index contributed by atoms with van der Waals surface area (Å²) in [4.78, 5) is 12.6. The van der Waals surface area contributed by atoms with Crippen molar-refractivity contribution in [3.05, 3.63) is 52.0 Å². The number of aryl methyl sites for hydroxylation is 1. The number of halogens is 1. The number of hydrogen-bond donors (Lipinski definition) is 1. The lowest BCUT2D eigenvalue weighted by Crippen LogP contribution is -2.35. The van der Waals surface area contributed by atoms with Crippen molar-refractivity contribution in [2.24, 2.45) is 0 Å². The predicted octanol–water partition coefficient (Wildman–Crippen LogP) is 5.07. The standard InChI is InChI=1S/C23H29BrN2O4S/c1-16(2)20-14-21(24)17(3)13-22(20)30-15-23(27)25-18-7-9-19(10-8-18)31(28,29)26-11-5-4-6-12-26/h7-10,13-14,16H,4-6,11-12,15H2,1-3H3,(H,25,27). The number of ether oxygens (including phenoxy) is 1. The molecule has 168 valence electrons. The maximum absolute atomic E-state index is 12.7. The molecule has 1 saturated heterocycles. The minimum absolute atomic E-state index is 0.130. The highest BCUT2D eigenvalue weighted by Gasteiger charge is 2.25. The second-order valence-electron chi connectivity index (χ2n) is 8.12. The fraction of sp³-hybridized carbons (Fsp3) is 0.435. The molecule has 6 nitrogen and oxygen atoms in total. The zero-order chi connectivity index (χ0) is 22.6. The van der Waals surface area contributed by atoms with Crippen LogP contribution in [0.3, 0.4) is 0 Å². The Morgan fingerprint density at radius 1 is 1.13 bits per heavy atom. The first-order valence-electron chi connectivity index (χ1n) is 10.5. The van der Waals surface area contributed by atoms with Crippen molar-refractivity contribution in [2.45, 2.75) is 50.8 Å². The predicted molar refractivity (Wildman–Crippen MR) is 126 cm³/mol. The molecule has 1 heterocycles. The van der Waals surface area contributed by atoms with Gasteiger partial charge in [-0.05, 0) is 73.2 Å². The third-order valence-corrected chi connectivity index (χ3v) is 8.13. The summed E-state index contributed by atoms with van der Waals surface area (Å²) >= 11 is 3.54. The van der Waals surface area contributed by atoms with E-state index in [0.717, 1.165) is 34.9 Å². The van der Waals surface area contributed by atoms with Crippen LogP contribution >= 0.6 is 15.9 Å². The number of sulfonamides is 1. The summed E-state index contributed by atoms with van der Waals surface area (Å²) in [6.07, 6.45) is 2.85. The van der Waals surface area contributed by atoms with Crippen molar-refractivity contribution in [3.8, 4) is 5.75 Å². The second-order valence-corrected chi connectivity index (χ2v) is 10.9. The minimum atomic E-state index is -3.48.